The second-order valence-corrected chi connectivity index (χ2v) is 3.28. The van der Waals surface area contributed by atoms with Crippen LogP contribution in [-0.2, 0) is 7.05 Å². The van der Waals surface area contributed by atoms with Crippen LogP contribution in [0, 0.1) is 0 Å². The Bertz CT molecular complexity index is 454. The number of nitrogens with one attached hydrogen (secondary N) is 1. The highest BCUT2D eigenvalue weighted by molar-refractivity contribution is 7.12. The van der Waals surface area contributed by atoms with Gasteiger partial charge in [-0.1, -0.05) is 11.6 Å². The largest absolute Gasteiger partial charge is 0.275 e. The minimum absolute atomic E-state index is 0.164. The van der Waals surface area contributed by atoms with Gasteiger partial charge < -0.3 is 0 Å². The van der Waals surface area contributed by atoms with Crippen molar-refractivity contribution >= 4 is 33.4 Å². The Morgan fingerprint density at radius 3 is 3.09 bits per heavy atom. The van der Waals surface area contributed by atoms with E-state index >= 15 is 0 Å². The second kappa shape index (κ2) is 2.09. The van der Waals surface area contributed by atoms with Crippen molar-refractivity contribution in [2.75, 3.05) is 0 Å². The first-order valence-corrected chi connectivity index (χ1v) is 4.09. The molecule has 0 aliphatic heterocycles. The molecule has 2 rings (SSSR count). The highest BCUT2D eigenvalue weighted by Gasteiger charge is 2.11. The Morgan fingerprint density at radius 1 is 1.73 bits per heavy atom. The molecule has 0 unspecified atom stereocenters. The van der Waals surface area contributed by atoms with Gasteiger partial charge in [-0.25, -0.2) is 0 Å². The van der Waals surface area contributed by atoms with Crippen LogP contribution in [0.15, 0.2) is 4.79 Å². The van der Waals surface area contributed by atoms with Gasteiger partial charge in [0.1, 0.15) is 10.2 Å². The lowest BCUT2D eigenvalue weighted by Gasteiger charge is -1.82. The van der Waals surface area contributed by atoms with Crippen molar-refractivity contribution < 1.29 is 0 Å². The Balaban J connectivity index is 3.10. The van der Waals surface area contributed by atoms with Crippen LogP contribution in [0.5, 0.6) is 0 Å². The molecule has 0 spiro atoms. The fourth-order valence-electron chi connectivity index (χ4n) is 0.931. The average Bonchev–Trinajstić information content (AvgIpc) is 2.41. The van der Waals surface area contributed by atoms with Gasteiger partial charge in [-0.3, -0.25) is 13.8 Å². The molecule has 1 N–H and O–H groups in total. The molecule has 0 aromatic carbocycles. The molecule has 0 fully saturated rings. The zero-order valence-corrected chi connectivity index (χ0v) is 7.16. The van der Waals surface area contributed by atoms with E-state index in [2.05, 4.69) is 9.47 Å². The van der Waals surface area contributed by atoms with E-state index in [1.165, 1.54) is 11.5 Å². The van der Waals surface area contributed by atoms with Gasteiger partial charge in [0.25, 0.3) is 5.56 Å². The van der Waals surface area contributed by atoms with E-state index in [0.29, 0.717) is 5.39 Å². The van der Waals surface area contributed by atoms with Crippen LogP contribution >= 0.6 is 23.1 Å². The number of H-pyrrole nitrogens is 1. The fraction of sp³-hybridized carbons (Fsp3) is 0.200. The number of aromatic amines is 1. The molecular formula is C5H4ClN3OS. The van der Waals surface area contributed by atoms with Gasteiger partial charge in [-0.2, -0.15) is 5.10 Å². The monoisotopic (exact) mass is 189 g/mol. The zero-order chi connectivity index (χ0) is 8.01. The summed E-state index contributed by atoms with van der Waals surface area (Å²) in [6.07, 6.45) is 0. The number of nitrogens with zero attached hydrogens (tertiary/aromatic N) is 2. The highest BCUT2D eigenvalue weighted by atomic mass is 35.5. The van der Waals surface area contributed by atoms with Crippen LogP contribution in [0.3, 0.4) is 0 Å². The molecule has 0 amide bonds. The minimum Gasteiger partial charge on any atom is -0.275 e. The molecular weight excluding hydrogens is 186 g/mol. The van der Waals surface area contributed by atoms with Crippen LogP contribution in [0.2, 0.25) is 5.15 Å². The maximum absolute atomic E-state index is 11.0. The summed E-state index contributed by atoms with van der Waals surface area (Å²) >= 11 is 6.92. The molecule has 2 heterocycles. The standard InChI is InChI=1S/C5H4ClN3OS/c1-9-5-2(3(6)7-9)4(10)8-11-5/h1H3,(H,8,10). The Kier molecular flexibility index (Phi) is 1.30. The second-order valence-electron chi connectivity index (χ2n) is 2.13. The third-order valence-corrected chi connectivity index (χ3v) is 2.63. The third kappa shape index (κ3) is 0.812. The van der Waals surface area contributed by atoms with Crippen LogP contribution in [0.1, 0.15) is 0 Å². The average molecular weight is 190 g/mol. The molecule has 0 bridgehead atoms. The summed E-state index contributed by atoms with van der Waals surface area (Å²) in [5.41, 5.74) is -0.164. The molecule has 58 valence electrons. The van der Waals surface area contributed by atoms with Crippen molar-refractivity contribution in [2.45, 2.75) is 0 Å². The van der Waals surface area contributed by atoms with Crippen LogP contribution in [-0.4, -0.2) is 14.2 Å². The molecule has 4 nitrogen and oxygen atoms in total. The lowest BCUT2D eigenvalue weighted by Crippen LogP contribution is -1.95. The molecule has 11 heavy (non-hydrogen) atoms. The summed E-state index contributed by atoms with van der Waals surface area (Å²) in [5.74, 6) is 0. The predicted octanol–water partition coefficient (Wildman–Crippen LogP) is 0.976. The van der Waals surface area contributed by atoms with E-state index in [-0.39, 0.29) is 10.7 Å². The van der Waals surface area contributed by atoms with E-state index in [4.69, 9.17) is 11.6 Å². The molecule has 0 atom stereocenters. The minimum atomic E-state index is -0.164. The molecule has 0 aliphatic rings. The molecule has 2 aromatic heterocycles. The SMILES string of the molecule is Cn1nc(Cl)c2c(=O)[nH]sc21. The molecule has 0 saturated heterocycles. The van der Waals surface area contributed by atoms with Gasteiger partial charge in [0.15, 0.2) is 5.15 Å². The third-order valence-electron chi connectivity index (χ3n) is 1.42. The number of rotatable bonds is 0. The quantitative estimate of drug-likeness (QED) is 0.672. The number of hydrogen-bond donors (Lipinski definition) is 1. The fourth-order valence-corrected chi connectivity index (χ4v) is 2.03. The molecule has 0 aliphatic carbocycles. The van der Waals surface area contributed by atoms with Crippen LogP contribution in [0.4, 0.5) is 0 Å². The van der Waals surface area contributed by atoms with E-state index < -0.39 is 0 Å². The summed E-state index contributed by atoms with van der Waals surface area (Å²) in [6.45, 7) is 0. The van der Waals surface area contributed by atoms with Crippen LogP contribution < -0.4 is 5.56 Å². The lowest BCUT2D eigenvalue weighted by atomic mass is 10.5. The van der Waals surface area contributed by atoms with Gasteiger partial charge in [0, 0.05) is 7.05 Å². The molecule has 0 radical (unpaired) electrons. The summed E-state index contributed by atoms with van der Waals surface area (Å²) in [6, 6.07) is 0. The van der Waals surface area contributed by atoms with Crippen molar-refractivity contribution in [1.29, 1.82) is 0 Å². The van der Waals surface area contributed by atoms with Gasteiger partial charge in [-0.05, 0) is 11.5 Å². The van der Waals surface area contributed by atoms with Crippen molar-refractivity contribution in [3.8, 4) is 0 Å². The highest BCUT2D eigenvalue weighted by Crippen LogP contribution is 2.20. The van der Waals surface area contributed by atoms with Gasteiger partial charge in [0.2, 0.25) is 0 Å². The number of halogens is 1. The normalized spacial score (nSPS) is 11.1. The molecule has 6 heteroatoms. The van der Waals surface area contributed by atoms with Crippen molar-refractivity contribution in [2.24, 2.45) is 7.05 Å². The summed E-state index contributed by atoms with van der Waals surface area (Å²) < 4.78 is 4.16. The predicted molar refractivity (Wildman–Crippen MR) is 44.2 cm³/mol. The Labute approximate surface area is 70.6 Å². The first kappa shape index (κ1) is 6.87. The van der Waals surface area contributed by atoms with E-state index in [1.54, 1.807) is 11.7 Å². The van der Waals surface area contributed by atoms with Gasteiger partial charge >= 0.3 is 0 Å². The van der Waals surface area contributed by atoms with Crippen molar-refractivity contribution in [3.05, 3.63) is 15.5 Å². The molecule has 2 aromatic rings. The molecule has 0 saturated carbocycles. The smallest absolute Gasteiger partial charge is 0.270 e. The van der Waals surface area contributed by atoms with E-state index in [9.17, 15) is 4.79 Å². The number of aryl methyl sites for hydroxylation is 1. The zero-order valence-electron chi connectivity index (χ0n) is 5.59. The summed E-state index contributed by atoms with van der Waals surface area (Å²) in [5, 5.41) is 4.64. The maximum Gasteiger partial charge on any atom is 0.270 e. The lowest BCUT2D eigenvalue weighted by molar-refractivity contribution is 0.802. The Morgan fingerprint density at radius 2 is 2.45 bits per heavy atom. The first-order valence-electron chi connectivity index (χ1n) is 2.90. The van der Waals surface area contributed by atoms with Gasteiger partial charge in [-0.15, -0.1) is 0 Å². The first-order chi connectivity index (χ1) is 5.20. The number of fused-ring (bicyclic) bond motifs is 1. The topological polar surface area (TPSA) is 50.7 Å². The van der Waals surface area contributed by atoms with Gasteiger partial charge in [0.05, 0.1) is 0 Å². The summed E-state index contributed by atoms with van der Waals surface area (Å²) in [4.78, 5) is 11.8. The van der Waals surface area contributed by atoms with Crippen LogP contribution in [0.25, 0.3) is 10.2 Å². The number of aromatic nitrogens is 3. The van der Waals surface area contributed by atoms with E-state index in [0.717, 1.165) is 4.83 Å². The van der Waals surface area contributed by atoms with Crippen molar-refractivity contribution in [3.63, 3.8) is 0 Å². The number of hydrogen-bond acceptors (Lipinski definition) is 3. The maximum atomic E-state index is 11.0. The summed E-state index contributed by atoms with van der Waals surface area (Å²) in [7, 11) is 1.75. The van der Waals surface area contributed by atoms with E-state index in [1.807, 2.05) is 0 Å². The Hall–Kier alpha value is -0.810. The van der Waals surface area contributed by atoms with Crippen molar-refractivity contribution in [1.82, 2.24) is 14.2 Å².